The summed E-state index contributed by atoms with van der Waals surface area (Å²) in [5.41, 5.74) is -0.522. The molecule has 2 aromatic carbocycles. The van der Waals surface area contributed by atoms with Gasteiger partial charge in [-0.3, -0.25) is 9.59 Å². The Morgan fingerprint density at radius 2 is 1.78 bits per heavy atom. The van der Waals surface area contributed by atoms with Gasteiger partial charge in [0.2, 0.25) is 11.4 Å². The van der Waals surface area contributed by atoms with Gasteiger partial charge in [0, 0.05) is 26.2 Å². The summed E-state index contributed by atoms with van der Waals surface area (Å²) in [6.07, 6.45) is 2.74. The second-order valence-corrected chi connectivity index (χ2v) is 7.67. The van der Waals surface area contributed by atoms with Gasteiger partial charge in [-0.25, -0.2) is 0 Å². The van der Waals surface area contributed by atoms with Crippen molar-refractivity contribution in [2.75, 3.05) is 21.3 Å². The lowest BCUT2D eigenvalue weighted by atomic mass is 9.69. The van der Waals surface area contributed by atoms with Crippen LogP contribution in [0.5, 0.6) is 11.5 Å². The summed E-state index contributed by atoms with van der Waals surface area (Å²) in [5, 5.41) is 10.7. The highest BCUT2D eigenvalue weighted by atomic mass is 16.7. The number of carbonyl (C=O) groups is 2. The molecule has 2 aliphatic rings. The Morgan fingerprint density at radius 1 is 1.03 bits per heavy atom. The molecule has 0 saturated heterocycles. The van der Waals surface area contributed by atoms with E-state index in [1.807, 2.05) is 30.3 Å². The summed E-state index contributed by atoms with van der Waals surface area (Å²) < 4.78 is 22.8. The first-order valence-electron chi connectivity index (χ1n) is 10.1. The Balaban J connectivity index is 1.81. The minimum absolute atomic E-state index is 0.0785. The Bertz CT molecular complexity index is 1120. The summed E-state index contributed by atoms with van der Waals surface area (Å²) in [6, 6.07) is 14.4. The molecule has 7 heteroatoms. The maximum atomic E-state index is 13.7. The van der Waals surface area contributed by atoms with Crippen LogP contribution in [0.15, 0.2) is 65.9 Å². The van der Waals surface area contributed by atoms with Gasteiger partial charge in [-0.15, -0.1) is 0 Å². The highest BCUT2D eigenvalue weighted by molar-refractivity contribution is 6.26. The highest BCUT2D eigenvalue weighted by Crippen LogP contribution is 2.49. The maximum Gasteiger partial charge on any atom is 0.254 e. The van der Waals surface area contributed by atoms with E-state index >= 15 is 0 Å². The summed E-state index contributed by atoms with van der Waals surface area (Å²) in [4.78, 5) is 26.8. The fraction of sp³-hybridized carbons (Fsp3) is 0.280. The van der Waals surface area contributed by atoms with Crippen molar-refractivity contribution in [3.05, 3.63) is 77.1 Å². The van der Waals surface area contributed by atoms with Gasteiger partial charge < -0.3 is 24.1 Å². The number of carbonyl (C=O) groups excluding carboxylic acids is 2. The molecule has 1 aliphatic heterocycles. The van der Waals surface area contributed by atoms with Gasteiger partial charge in [-0.1, -0.05) is 36.4 Å². The van der Waals surface area contributed by atoms with Crippen molar-refractivity contribution in [1.82, 2.24) is 0 Å². The number of ketones is 2. The average molecular weight is 436 g/mol. The fourth-order valence-electron chi connectivity index (χ4n) is 4.32. The van der Waals surface area contributed by atoms with E-state index < -0.39 is 28.7 Å². The number of Topliss-reactive ketones (excluding diaryl/α,β-unsaturated/α-hetero) is 2. The van der Waals surface area contributed by atoms with Crippen molar-refractivity contribution in [3.63, 3.8) is 0 Å². The molecule has 0 radical (unpaired) electrons. The van der Waals surface area contributed by atoms with E-state index in [1.165, 1.54) is 20.3 Å². The number of aliphatic hydroxyl groups is 1. The van der Waals surface area contributed by atoms with E-state index in [1.54, 1.807) is 31.4 Å². The molecule has 0 bridgehead atoms. The number of ether oxygens (including phenoxy) is 4. The van der Waals surface area contributed by atoms with Crippen LogP contribution in [0, 0.1) is 0 Å². The van der Waals surface area contributed by atoms with E-state index in [2.05, 4.69) is 0 Å². The van der Waals surface area contributed by atoms with Gasteiger partial charge in [0.1, 0.15) is 22.8 Å². The molecule has 1 N–H and O–H groups in total. The zero-order chi connectivity index (χ0) is 22.9. The minimum Gasteiger partial charge on any atom is -0.507 e. The molecule has 4 rings (SSSR count). The molecule has 0 aromatic heterocycles. The summed E-state index contributed by atoms with van der Waals surface area (Å²) >= 11 is 0. The van der Waals surface area contributed by atoms with E-state index in [0.29, 0.717) is 17.1 Å². The van der Waals surface area contributed by atoms with Crippen LogP contribution in [0.2, 0.25) is 0 Å². The Labute approximate surface area is 185 Å². The monoisotopic (exact) mass is 436 g/mol. The standard InChI is InChI=1S/C25H24O7/c1-29-18-10-12-21-17(13-18)14-24(30-2)23(28)22(20(27)15-25(24,31-3)32-21)19(26)11-9-16-7-5-4-6-8-16/h4-13,26H,14-15H2,1-3H3/b11-9+,22-19-/t24-,25+/m0/s1. The molecular weight excluding hydrogens is 412 g/mol. The number of rotatable bonds is 5. The lowest BCUT2D eigenvalue weighted by molar-refractivity contribution is -0.278. The molecular formula is C25H24O7. The molecule has 2 atom stereocenters. The van der Waals surface area contributed by atoms with Crippen LogP contribution in [0.4, 0.5) is 0 Å². The third-order valence-electron chi connectivity index (χ3n) is 6.03. The van der Waals surface area contributed by atoms with Crippen LogP contribution in [-0.2, 0) is 25.5 Å². The topological polar surface area (TPSA) is 91.3 Å². The Kier molecular flexibility index (Phi) is 5.62. The number of hydrogen-bond acceptors (Lipinski definition) is 7. The minimum atomic E-state index is -1.67. The van der Waals surface area contributed by atoms with Crippen LogP contribution in [0.1, 0.15) is 17.5 Å². The number of allylic oxidation sites excluding steroid dienone is 1. The molecule has 0 unspecified atom stereocenters. The molecule has 1 saturated carbocycles. The number of hydrogen-bond donors (Lipinski definition) is 1. The van der Waals surface area contributed by atoms with E-state index in [4.69, 9.17) is 18.9 Å². The second-order valence-electron chi connectivity index (χ2n) is 7.67. The van der Waals surface area contributed by atoms with E-state index in [9.17, 15) is 14.7 Å². The van der Waals surface area contributed by atoms with Crippen molar-refractivity contribution in [2.45, 2.75) is 24.2 Å². The quantitative estimate of drug-likeness (QED) is 0.436. The second kappa shape index (κ2) is 8.26. The lowest BCUT2D eigenvalue weighted by Gasteiger charge is -2.52. The van der Waals surface area contributed by atoms with Gasteiger partial charge in [0.25, 0.3) is 5.79 Å². The van der Waals surface area contributed by atoms with Crippen molar-refractivity contribution < 1.29 is 33.6 Å². The highest BCUT2D eigenvalue weighted by Gasteiger charge is 2.68. The van der Waals surface area contributed by atoms with Gasteiger partial charge >= 0.3 is 0 Å². The summed E-state index contributed by atoms with van der Waals surface area (Å²) in [6.45, 7) is 0. The Morgan fingerprint density at radius 3 is 2.44 bits per heavy atom. The molecule has 0 spiro atoms. The van der Waals surface area contributed by atoms with Crippen molar-refractivity contribution >= 4 is 17.6 Å². The van der Waals surface area contributed by atoms with Gasteiger partial charge in [-0.05, 0) is 29.8 Å². The van der Waals surface area contributed by atoms with Gasteiger partial charge in [0.05, 0.1) is 13.5 Å². The van der Waals surface area contributed by atoms with E-state index in [-0.39, 0.29) is 18.4 Å². The number of methoxy groups -OCH3 is 3. The molecule has 166 valence electrons. The maximum absolute atomic E-state index is 13.7. The number of aliphatic hydroxyl groups excluding tert-OH is 1. The van der Waals surface area contributed by atoms with Gasteiger partial charge in [0.15, 0.2) is 5.78 Å². The van der Waals surface area contributed by atoms with E-state index in [0.717, 1.165) is 5.56 Å². The molecule has 1 fully saturated rings. The summed E-state index contributed by atoms with van der Waals surface area (Å²) in [5.74, 6) is -2.31. The third kappa shape index (κ3) is 3.30. The number of fused-ring (bicyclic) bond motifs is 2. The zero-order valence-corrected chi connectivity index (χ0v) is 18.1. The molecule has 1 aliphatic carbocycles. The molecule has 2 aromatic rings. The first-order chi connectivity index (χ1) is 15.4. The van der Waals surface area contributed by atoms with Crippen LogP contribution in [0.25, 0.3) is 6.08 Å². The first kappa shape index (κ1) is 21.8. The predicted octanol–water partition coefficient (Wildman–Crippen LogP) is 3.43. The average Bonchev–Trinajstić information content (AvgIpc) is 2.82. The smallest absolute Gasteiger partial charge is 0.254 e. The first-order valence-corrected chi connectivity index (χ1v) is 10.1. The molecule has 32 heavy (non-hydrogen) atoms. The van der Waals surface area contributed by atoms with Crippen LogP contribution in [-0.4, -0.2) is 49.4 Å². The SMILES string of the molecule is COc1ccc2c(c1)C[C@]1(OC)C(=O)/C(=C(O)/C=C/c3ccccc3)C(=O)C[C@@]1(OC)O2. The molecule has 0 amide bonds. The summed E-state index contributed by atoms with van der Waals surface area (Å²) in [7, 11) is 4.27. The van der Waals surface area contributed by atoms with Crippen molar-refractivity contribution in [2.24, 2.45) is 0 Å². The normalized spacial score (nSPS) is 26.3. The zero-order valence-electron chi connectivity index (χ0n) is 18.1. The third-order valence-corrected chi connectivity index (χ3v) is 6.03. The lowest BCUT2D eigenvalue weighted by Crippen LogP contribution is -2.71. The fourth-order valence-corrected chi connectivity index (χ4v) is 4.32. The van der Waals surface area contributed by atoms with Crippen LogP contribution < -0.4 is 9.47 Å². The largest absolute Gasteiger partial charge is 0.507 e. The van der Waals surface area contributed by atoms with Crippen molar-refractivity contribution in [1.29, 1.82) is 0 Å². The van der Waals surface area contributed by atoms with Crippen LogP contribution in [0.3, 0.4) is 0 Å². The van der Waals surface area contributed by atoms with Gasteiger partial charge in [-0.2, -0.15) is 0 Å². The van der Waals surface area contributed by atoms with Crippen molar-refractivity contribution in [3.8, 4) is 11.5 Å². The molecule has 7 nitrogen and oxygen atoms in total. The predicted molar refractivity (Wildman–Crippen MR) is 117 cm³/mol. The Hall–Kier alpha value is -3.42. The molecule has 1 heterocycles. The number of benzene rings is 2. The van der Waals surface area contributed by atoms with Crippen LogP contribution >= 0.6 is 0 Å².